The van der Waals surface area contributed by atoms with Crippen LogP contribution in [0, 0.1) is 17.0 Å². The van der Waals surface area contributed by atoms with Crippen molar-refractivity contribution in [2.75, 3.05) is 11.9 Å². The van der Waals surface area contributed by atoms with E-state index in [2.05, 4.69) is 15.4 Å². The Hall–Kier alpha value is -5.56. The number of anilines is 1. The zero-order valence-corrected chi connectivity index (χ0v) is 24.0. The van der Waals surface area contributed by atoms with Crippen LogP contribution in [0.15, 0.2) is 94.8 Å². The number of para-hydroxylation sites is 1. The molecule has 0 aliphatic heterocycles. The van der Waals surface area contributed by atoms with Gasteiger partial charge in [0.15, 0.2) is 12.4 Å². The zero-order valence-electron chi connectivity index (χ0n) is 23.2. The Kier molecular flexibility index (Phi) is 8.64. The SMILES string of the molecule is Cc1ccc(NC(=O)COc2c(C=Nn3c(-c4cccc(C(F)(F)F)c4)nc4ccccc4c3=O)cc(Cl)cc2[N+](=O)[O-])cc1. The van der Waals surface area contributed by atoms with E-state index in [0.29, 0.717) is 5.69 Å². The molecule has 0 aliphatic carbocycles. The second kappa shape index (κ2) is 12.6. The van der Waals surface area contributed by atoms with Crippen LogP contribution in [-0.2, 0) is 11.0 Å². The third kappa shape index (κ3) is 6.99. The summed E-state index contributed by atoms with van der Waals surface area (Å²) in [6, 6.07) is 19.6. The number of nitro groups is 1. The molecule has 14 heteroatoms. The summed E-state index contributed by atoms with van der Waals surface area (Å²) in [6.07, 6.45) is -3.65. The molecule has 5 aromatic rings. The maximum Gasteiger partial charge on any atom is 0.416 e. The largest absolute Gasteiger partial charge is 0.476 e. The maximum atomic E-state index is 13.5. The maximum absolute atomic E-state index is 13.5. The van der Waals surface area contributed by atoms with Crippen LogP contribution < -0.4 is 15.6 Å². The molecule has 1 aromatic heterocycles. The van der Waals surface area contributed by atoms with E-state index in [4.69, 9.17) is 16.3 Å². The van der Waals surface area contributed by atoms with E-state index in [1.807, 2.05) is 6.92 Å². The summed E-state index contributed by atoms with van der Waals surface area (Å²) in [5, 5.41) is 18.7. The lowest BCUT2D eigenvalue weighted by Gasteiger charge is -2.13. The van der Waals surface area contributed by atoms with Crippen LogP contribution in [0.3, 0.4) is 0 Å². The van der Waals surface area contributed by atoms with Gasteiger partial charge in [-0.2, -0.15) is 22.9 Å². The minimum Gasteiger partial charge on any atom is -0.476 e. The first-order valence-corrected chi connectivity index (χ1v) is 13.5. The van der Waals surface area contributed by atoms with Crippen molar-refractivity contribution >= 4 is 46.0 Å². The third-order valence-electron chi connectivity index (χ3n) is 6.46. The van der Waals surface area contributed by atoms with Gasteiger partial charge in [0.2, 0.25) is 5.75 Å². The van der Waals surface area contributed by atoms with Crippen molar-refractivity contribution < 1.29 is 27.6 Å². The minimum absolute atomic E-state index is 0.0637. The van der Waals surface area contributed by atoms with Crippen LogP contribution in [0.5, 0.6) is 5.75 Å². The highest BCUT2D eigenvalue weighted by Crippen LogP contribution is 2.34. The summed E-state index contributed by atoms with van der Waals surface area (Å²) < 4.78 is 46.9. The normalized spacial score (nSPS) is 11.6. The van der Waals surface area contributed by atoms with Gasteiger partial charge in [-0.05, 0) is 49.4 Å². The lowest BCUT2D eigenvalue weighted by atomic mass is 10.1. The van der Waals surface area contributed by atoms with Crippen molar-refractivity contribution in [1.82, 2.24) is 9.66 Å². The Bertz CT molecular complexity index is 2030. The first kappa shape index (κ1) is 30.9. The van der Waals surface area contributed by atoms with Gasteiger partial charge in [0.25, 0.3) is 11.5 Å². The van der Waals surface area contributed by atoms with Crippen LogP contribution in [0.1, 0.15) is 16.7 Å². The molecule has 0 saturated heterocycles. The van der Waals surface area contributed by atoms with Crippen molar-refractivity contribution in [3.05, 3.63) is 127 Å². The number of carbonyl (C=O) groups is 1. The highest BCUT2D eigenvalue weighted by molar-refractivity contribution is 6.31. The van der Waals surface area contributed by atoms with Crippen molar-refractivity contribution in [1.29, 1.82) is 0 Å². The number of nitrogens with one attached hydrogen (secondary N) is 1. The van der Waals surface area contributed by atoms with Crippen LogP contribution in [-0.4, -0.2) is 33.3 Å². The van der Waals surface area contributed by atoms with Gasteiger partial charge in [0, 0.05) is 27.9 Å². The standard InChI is InChI=1S/C31H21ClF3N5O5/c1-18-9-11-23(12-10-18)37-27(41)17-45-28-20(14-22(32)15-26(28)40(43)44)16-36-39-29(19-5-4-6-21(13-19)31(33,34)35)38-25-8-3-2-7-24(25)30(39)42/h2-16H,17H2,1H3,(H,37,41). The van der Waals surface area contributed by atoms with Gasteiger partial charge in [-0.25, -0.2) is 4.98 Å². The quantitative estimate of drug-likeness (QED) is 0.113. The van der Waals surface area contributed by atoms with Crippen LogP contribution in [0.2, 0.25) is 5.02 Å². The van der Waals surface area contributed by atoms with Gasteiger partial charge in [0.1, 0.15) is 0 Å². The molecule has 0 fully saturated rings. The van der Waals surface area contributed by atoms with E-state index >= 15 is 0 Å². The van der Waals surface area contributed by atoms with E-state index in [0.717, 1.165) is 34.7 Å². The van der Waals surface area contributed by atoms with Gasteiger partial charge < -0.3 is 10.1 Å². The zero-order chi connectivity index (χ0) is 32.3. The molecular formula is C31H21ClF3N5O5. The van der Waals surface area contributed by atoms with Crippen molar-refractivity contribution in [3.63, 3.8) is 0 Å². The summed E-state index contributed by atoms with van der Waals surface area (Å²) in [5.41, 5.74) is -0.770. The molecule has 0 spiro atoms. The first-order valence-electron chi connectivity index (χ1n) is 13.1. The number of ether oxygens (including phenoxy) is 1. The molecule has 10 nitrogen and oxygen atoms in total. The number of fused-ring (bicyclic) bond motifs is 1. The van der Waals surface area contributed by atoms with Crippen molar-refractivity contribution in [2.45, 2.75) is 13.1 Å². The fourth-order valence-electron chi connectivity index (χ4n) is 4.33. The predicted molar refractivity (Wildman–Crippen MR) is 163 cm³/mol. The van der Waals surface area contributed by atoms with Crippen LogP contribution in [0.4, 0.5) is 24.5 Å². The molecule has 0 atom stereocenters. The third-order valence-corrected chi connectivity index (χ3v) is 6.67. The number of nitro benzene ring substituents is 1. The highest BCUT2D eigenvalue weighted by Gasteiger charge is 2.31. The van der Waals surface area contributed by atoms with Crippen LogP contribution in [0.25, 0.3) is 22.3 Å². The molecule has 5 rings (SSSR count). The fraction of sp³-hybridized carbons (Fsp3) is 0.0968. The number of halogens is 4. The summed E-state index contributed by atoms with van der Waals surface area (Å²) in [5.74, 6) is -1.22. The average Bonchev–Trinajstić information content (AvgIpc) is 3.00. The van der Waals surface area contributed by atoms with E-state index in [1.165, 1.54) is 30.3 Å². The van der Waals surface area contributed by atoms with Crippen LogP contribution >= 0.6 is 11.6 Å². The van der Waals surface area contributed by atoms with E-state index in [-0.39, 0.29) is 38.6 Å². The monoisotopic (exact) mass is 635 g/mol. The summed E-state index contributed by atoms with van der Waals surface area (Å²) >= 11 is 6.14. The predicted octanol–water partition coefficient (Wildman–Crippen LogP) is 6.85. The smallest absolute Gasteiger partial charge is 0.416 e. The lowest BCUT2D eigenvalue weighted by Crippen LogP contribution is -2.21. The molecule has 0 unspecified atom stereocenters. The summed E-state index contributed by atoms with van der Waals surface area (Å²) in [6.45, 7) is 1.24. The molecule has 1 amide bonds. The number of benzene rings is 4. The molecule has 4 aromatic carbocycles. The fourth-order valence-corrected chi connectivity index (χ4v) is 4.55. The van der Waals surface area contributed by atoms with Crippen molar-refractivity contribution in [2.24, 2.45) is 5.10 Å². The number of carbonyl (C=O) groups excluding carboxylic acids is 1. The summed E-state index contributed by atoms with van der Waals surface area (Å²) in [4.78, 5) is 41.6. The molecule has 1 N–H and O–H groups in total. The Balaban J connectivity index is 1.58. The van der Waals surface area contributed by atoms with Gasteiger partial charge in [-0.3, -0.25) is 19.7 Å². The number of nitrogens with zero attached hydrogens (tertiary/aromatic N) is 4. The highest BCUT2D eigenvalue weighted by atomic mass is 35.5. The Morgan fingerprint density at radius 2 is 1.82 bits per heavy atom. The van der Waals surface area contributed by atoms with Gasteiger partial charge in [-0.1, -0.05) is 53.6 Å². The number of rotatable bonds is 8. The minimum atomic E-state index is -4.67. The van der Waals surface area contributed by atoms with Gasteiger partial charge in [-0.15, -0.1) is 0 Å². The Morgan fingerprint density at radius 3 is 2.53 bits per heavy atom. The topological polar surface area (TPSA) is 129 Å². The lowest BCUT2D eigenvalue weighted by molar-refractivity contribution is -0.385. The number of aromatic nitrogens is 2. The molecule has 0 aliphatic rings. The molecule has 0 bridgehead atoms. The second-order valence-corrected chi connectivity index (χ2v) is 10.1. The molecule has 0 radical (unpaired) electrons. The Labute approximate surface area is 257 Å². The molecule has 45 heavy (non-hydrogen) atoms. The van der Waals surface area contributed by atoms with Gasteiger partial charge >= 0.3 is 11.9 Å². The molecular weight excluding hydrogens is 615 g/mol. The van der Waals surface area contributed by atoms with Crippen molar-refractivity contribution in [3.8, 4) is 17.1 Å². The number of aryl methyl sites for hydroxylation is 1. The average molecular weight is 636 g/mol. The number of alkyl halides is 3. The van der Waals surface area contributed by atoms with Gasteiger partial charge in [0.05, 0.1) is 27.6 Å². The number of amides is 1. The van der Waals surface area contributed by atoms with E-state index in [1.54, 1.807) is 36.4 Å². The summed E-state index contributed by atoms with van der Waals surface area (Å²) in [7, 11) is 0. The Morgan fingerprint density at radius 1 is 1.09 bits per heavy atom. The molecule has 0 saturated carbocycles. The molecule has 1 heterocycles. The number of hydrogen-bond donors (Lipinski definition) is 1. The first-order chi connectivity index (χ1) is 21.4. The van der Waals surface area contributed by atoms with E-state index < -0.39 is 40.4 Å². The van der Waals surface area contributed by atoms with E-state index in [9.17, 15) is 32.9 Å². The second-order valence-electron chi connectivity index (χ2n) is 9.70. The number of hydrogen-bond acceptors (Lipinski definition) is 7. The molecule has 228 valence electrons.